The Morgan fingerprint density at radius 3 is 2.89 bits per heavy atom. The third-order valence-electron chi connectivity index (χ3n) is 2.81. The molecule has 0 unspecified atom stereocenters. The molecule has 0 aromatic heterocycles. The van der Waals surface area contributed by atoms with Crippen LogP contribution in [0.15, 0.2) is 29.8 Å². The van der Waals surface area contributed by atoms with Crippen LogP contribution >= 0.6 is 23.2 Å². The van der Waals surface area contributed by atoms with Crippen molar-refractivity contribution < 1.29 is 4.79 Å². The number of halogens is 2. The van der Waals surface area contributed by atoms with Crippen molar-refractivity contribution >= 4 is 29.1 Å². The molecule has 1 aliphatic heterocycles. The van der Waals surface area contributed by atoms with Crippen LogP contribution in [0, 0.1) is 0 Å². The monoisotopic (exact) mass is 284 g/mol. The molecule has 0 radical (unpaired) electrons. The molecule has 0 saturated heterocycles. The van der Waals surface area contributed by atoms with E-state index in [4.69, 9.17) is 23.2 Å². The Kier molecular flexibility index (Phi) is 4.64. The summed E-state index contributed by atoms with van der Waals surface area (Å²) >= 11 is 11.8. The number of rotatable bonds is 3. The minimum atomic E-state index is -0.170. The summed E-state index contributed by atoms with van der Waals surface area (Å²) in [5.74, 6) is -0.170. The molecule has 0 atom stereocenters. The number of nitrogens with one attached hydrogen (secondary N) is 2. The van der Waals surface area contributed by atoms with Gasteiger partial charge in [-0.2, -0.15) is 0 Å². The average molecular weight is 285 g/mol. The van der Waals surface area contributed by atoms with Gasteiger partial charge in [0, 0.05) is 18.1 Å². The highest BCUT2D eigenvalue weighted by atomic mass is 35.5. The number of hydrogen-bond acceptors (Lipinski definition) is 2. The molecule has 0 aliphatic carbocycles. The van der Waals surface area contributed by atoms with E-state index in [0.717, 1.165) is 19.5 Å². The Hall–Kier alpha value is -1.03. The topological polar surface area (TPSA) is 41.1 Å². The summed E-state index contributed by atoms with van der Waals surface area (Å²) < 4.78 is 0. The summed E-state index contributed by atoms with van der Waals surface area (Å²) in [5, 5.41) is 6.99. The van der Waals surface area contributed by atoms with Gasteiger partial charge in [-0.1, -0.05) is 34.9 Å². The Bertz CT molecular complexity index is 486. The lowest BCUT2D eigenvalue weighted by molar-refractivity contribution is 0.0957. The first-order valence-corrected chi connectivity index (χ1v) is 6.54. The van der Waals surface area contributed by atoms with Gasteiger partial charge in [0.15, 0.2) is 0 Å². The van der Waals surface area contributed by atoms with Gasteiger partial charge in [0.05, 0.1) is 10.6 Å². The van der Waals surface area contributed by atoms with E-state index in [1.54, 1.807) is 18.2 Å². The van der Waals surface area contributed by atoms with Crippen molar-refractivity contribution in [3.63, 3.8) is 0 Å². The Morgan fingerprint density at radius 2 is 2.22 bits per heavy atom. The molecule has 1 amide bonds. The third-order valence-corrected chi connectivity index (χ3v) is 3.36. The van der Waals surface area contributed by atoms with Crippen LogP contribution in [0.1, 0.15) is 16.8 Å². The molecule has 0 fully saturated rings. The van der Waals surface area contributed by atoms with Gasteiger partial charge in [-0.05, 0) is 31.2 Å². The first-order valence-electron chi connectivity index (χ1n) is 5.78. The van der Waals surface area contributed by atoms with Crippen LogP contribution in [0.3, 0.4) is 0 Å². The van der Waals surface area contributed by atoms with E-state index < -0.39 is 0 Å². The van der Waals surface area contributed by atoms with Crippen molar-refractivity contribution in [3.8, 4) is 0 Å². The fourth-order valence-corrected chi connectivity index (χ4v) is 2.29. The van der Waals surface area contributed by atoms with Crippen molar-refractivity contribution in [2.24, 2.45) is 0 Å². The van der Waals surface area contributed by atoms with E-state index in [-0.39, 0.29) is 5.91 Å². The standard InChI is InChI=1S/C13H14Cl2N2O/c14-10-1-2-11(12(15)7-10)13(18)17-8-9-3-5-16-6-4-9/h1-3,7,16H,4-6,8H2,(H,17,18). The lowest BCUT2D eigenvalue weighted by Gasteiger charge is -2.14. The molecule has 0 spiro atoms. The summed E-state index contributed by atoms with van der Waals surface area (Å²) in [7, 11) is 0. The van der Waals surface area contributed by atoms with Crippen LogP contribution < -0.4 is 10.6 Å². The van der Waals surface area contributed by atoms with E-state index in [1.165, 1.54) is 5.57 Å². The zero-order valence-corrected chi connectivity index (χ0v) is 11.3. The first-order chi connectivity index (χ1) is 8.66. The second-order valence-corrected chi connectivity index (χ2v) is 4.97. The van der Waals surface area contributed by atoms with E-state index in [1.807, 2.05) is 0 Å². The number of hydrogen-bond donors (Lipinski definition) is 2. The average Bonchev–Trinajstić information content (AvgIpc) is 2.37. The van der Waals surface area contributed by atoms with E-state index in [9.17, 15) is 4.79 Å². The minimum Gasteiger partial charge on any atom is -0.348 e. The third kappa shape index (κ3) is 3.48. The summed E-state index contributed by atoms with van der Waals surface area (Å²) in [6.45, 7) is 2.40. The number of benzene rings is 1. The second-order valence-electron chi connectivity index (χ2n) is 4.12. The molecule has 3 nitrogen and oxygen atoms in total. The second kappa shape index (κ2) is 6.23. The molecule has 96 valence electrons. The lowest BCUT2D eigenvalue weighted by Crippen LogP contribution is -2.29. The smallest absolute Gasteiger partial charge is 0.253 e. The molecular formula is C13H14Cl2N2O. The number of carbonyl (C=O) groups excluding carboxylic acids is 1. The van der Waals surface area contributed by atoms with Crippen LogP contribution in [0.2, 0.25) is 10.0 Å². The van der Waals surface area contributed by atoms with E-state index in [2.05, 4.69) is 16.7 Å². The predicted molar refractivity (Wildman–Crippen MR) is 74.4 cm³/mol. The van der Waals surface area contributed by atoms with Crippen molar-refractivity contribution in [2.45, 2.75) is 6.42 Å². The molecule has 0 bridgehead atoms. The Morgan fingerprint density at radius 1 is 1.39 bits per heavy atom. The SMILES string of the molecule is O=C(NCC1=CCNCC1)c1ccc(Cl)cc1Cl. The summed E-state index contributed by atoms with van der Waals surface area (Å²) in [4.78, 5) is 11.9. The molecule has 2 N–H and O–H groups in total. The first kappa shape index (κ1) is 13.4. The normalized spacial score (nSPS) is 15.1. The van der Waals surface area contributed by atoms with Crippen LogP contribution in [-0.4, -0.2) is 25.5 Å². The molecular weight excluding hydrogens is 271 g/mol. The molecule has 1 aliphatic rings. The quantitative estimate of drug-likeness (QED) is 0.838. The molecule has 18 heavy (non-hydrogen) atoms. The van der Waals surface area contributed by atoms with Gasteiger partial charge >= 0.3 is 0 Å². The highest BCUT2D eigenvalue weighted by molar-refractivity contribution is 6.36. The fourth-order valence-electron chi connectivity index (χ4n) is 1.79. The largest absolute Gasteiger partial charge is 0.348 e. The zero-order valence-electron chi connectivity index (χ0n) is 9.80. The van der Waals surface area contributed by atoms with Gasteiger partial charge in [-0.15, -0.1) is 0 Å². The molecule has 2 rings (SSSR count). The maximum atomic E-state index is 11.9. The highest BCUT2D eigenvalue weighted by Gasteiger charge is 2.11. The van der Waals surface area contributed by atoms with E-state index >= 15 is 0 Å². The van der Waals surface area contributed by atoms with Gasteiger partial charge in [0.25, 0.3) is 5.91 Å². The molecule has 5 heteroatoms. The zero-order chi connectivity index (χ0) is 13.0. The van der Waals surface area contributed by atoms with Gasteiger partial charge in [0.2, 0.25) is 0 Å². The van der Waals surface area contributed by atoms with Crippen molar-refractivity contribution in [1.29, 1.82) is 0 Å². The maximum absolute atomic E-state index is 11.9. The fraction of sp³-hybridized carbons (Fsp3) is 0.308. The van der Waals surface area contributed by atoms with Gasteiger partial charge in [0.1, 0.15) is 0 Å². The summed E-state index contributed by atoms with van der Waals surface area (Å²) in [5.41, 5.74) is 1.70. The number of amides is 1. The summed E-state index contributed by atoms with van der Waals surface area (Å²) in [6.07, 6.45) is 3.07. The molecule has 1 aromatic carbocycles. The van der Waals surface area contributed by atoms with Crippen LogP contribution in [0.4, 0.5) is 0 Å². The number of carbonyl (C=O) groups is 1. The van der Waals surface area contributed by atoms with E-state index in [0.29, 0.717) is 22.2 Å². The van der Waals surface area contributed by atoms with Gasteiger partial charge in [-0.25, -0.2) is 0 Å². The molecule has 1 heterocycles. The molecule has 1 aromatic rings. The van der Waals surface area contributed by atoms with Crippen molar-refractivity contribution in [3.05, 3.63) is 45.5 Å². The maximum Gasteiger partial charge on any atom is 0.253 e. The summed E-state index contributed by atoms with van der Waals surface area (Å²) in [6, 6.07) is 4.87. The van der Waals surface area contributed by atoms with Crippen LogP contribution in [0.5, 0.6) is 0 Å². The highest BCUT2D eigenvalue weighted by Crippen LogP contribution is 2.20. The van der Waals surface area contributed by atoms with Crippen molar-refractivity contribution in [2.75, 3.05) is 19.6 Å². The predicted octanol–water partition coefficient (Wildman–Crippen LogP) is 2.64. The Balaban J connectivity index is 1.97. The lowest BCUT2D eigenvalue weighted by atomic mass is 10.1. The minimum absolute atomic E-state index is 0.170. The Labute approximate surface area is 116 Å². The van der Waals surface area contributed by atoms with Gasteiger partial charge in [-0.3, -0.25) is 4.79 Å². The van der Waals surface area contributed by atoms with Gasteiger partial charge < -0.3 is 10.6 Å². The van der Waals surface area contributed by atoms with Crippen molar-refractivity contribution in [1.82, 2.24) is 10.6 Å². The molecule has 0 saturated carbocycles. The van der Waals surface area contributed by atoms with Crippen LogP contribution in [-0.2, 0) is 0 Å². The van der Waals surface area contributed by atoms with Crippen LogP contribution in [0.25, 0.3) is 0 Å².